The summed E-state index contributed by atoms with van der Waals surface area (Å²) in [5.41, 5.74) is -0.909. The van der Waals surface area contributed by atoms with E-state index in [0.29, 0.717) is 0 Å². The van der Waals surface area contributed by atoms with E-state index in [9.17, 15) is 18.4 Å². The number of hydrogen-bond acceptors (Lipinski definition) is 4. The fourth-order valence-corrected chi connectivity index (χ4v) is 1.85. The smallest absolute Gasteiger partial charge is 0.331 e. The van der Waals surface area contributed by atoms with Crippen LogP contribution in [-0.2, 0) is 19.1 Å². The fraction of sp³-hybridized carbons (Fsp3) is 0.400. The van der Waals surface area contributed by atoms with E-state index in [2.05, 4.69) is 0 Å². The van der Waals surface area contributed by atoms with Crippen molar-refractivity contribution in [2.75, 3.05) is 0 Å². The lowest BCUT2D eigenvalue weighted by Gasteiger charge is -2.18. The first kappa shape index (κ1) is 21.5. The quantitative estimate of drug-likeness (QED) is 0.574. The first-order valence-corrected chi connectivity index (χ1v) is 8.08. The molecule has 0 aliphatic carbocycles. The van der Waals surface area contributed by atoms with E-state index in [0.717, 1.165) is 24.3 Å². The molecule has 0 saturated heterocycles. The molecule has 26 heavy (non-hydrogen) atoms. The van der Waals surface area contributed by atoms with Crippen molar-refractivity contribution < 1.29 is 27.8 Å². The molecule has 142 valence electrons. The summed E-state index contributed by atoms with van der Waals surface area (Å²) in [7, 11) is 0. The number of halogens is 2. The molecule has 1 rings (SSSR count). The zero-order valence-electron chi connectivity index (χ0n) is 15.9. The highest BCUT2D eigenvalue weighted by Gasteiger charge is 2.15. The van der Waals surface area contributed by atoms with Gasteiger partial charge in [0.2, 0.25) is 0 Å². The predicted octanol–water partition coefficient (Wildman–Crippen LogP) is 4.67. The second kappa shape index (κ2) is 8.25. The maximum atomic E-state index is 13.5. The minimum Gasteiger partial charge on any atom is -0.457 e. The second-order valence-corrected chi connectivity index (χ2v) is 7.63. The molecule has 0 fully saturated rings. The maximum absolute atomic E-state index is 13.5. The number of ether oxygens (including phenoxy) is 2. The summed E-state index contributed by atoms with van der Waals surface area (Å²) in [6.07, 6.45) is 4.82. The molecule has 1 aromatic rings. The Morgan fingerprint density at radius 1 is 0.769 bits per heavy atom. The number of hydrogen-bond donors (Lipinski definition) is 0. The first-order chi connectivity index (χ1) is 11.8. The van der Waals surface area contributed by atoms with E-state index < -0.39 is 34.8 Å². The van der Waals surface area contributed by atoms with Crippen LogP contribution in [0, 0.1) is 11.6 Å². The van der Waals surface area contributed by atoms with Crippen molar-refractivity contribution in [3.63, 3.8) is 0 Å². The van der Waals surface area contributed by atoms with E-state index in [1.807, 2.05) is 0 Å². The SMILES string of the molecule is CC(C)(C)OC(=O)/C=C/c1cc(F)c(F)cc1/C=C/C(=O)OC(C)(C)C. The molecule has 0 atom stereocenters. The van der Waals surface area contributed by atoms with Crippen LogP contribution in [0.5, 0.6) is 0 Å². The summed E-state index contributed by atoms with van der Waals surface area (Å²) in [6, 6.07) is 1.87. The standard InChI is InChI=1S/C20H24F2O4/c1-19(2,3)25-17(23)9-7-13-11-15(21)16(22)12-14(13)8-10-18(24)26-20(4,5)6/h7-12H,1-6H3/b9-7+,10-8+. The Bertz CT molecular complexity index is 672. The van der Waals surface area contributed by atoms with Crippen LogP contribution >= 0.6 is 0 Å². The summed E-state index contributed by atoms with van der Waals surface area (Å²) >= 11 is 0. The van der Waals surface area contributed by atoms with E-state index in [1.54, 1.807) is 41.5 Å². The van der Waals surface area contributed by atoms with Gasteiger partial charge in [0.05, 0.1) is 0 Å². The van der Waals surface area contributed by atoms with Gasteiger partial charge in [-0.05, 0) is 77.0 Å². The molecule has 0 aliphatic rings. The minimum atomic E-state index is -1.07. The molecule has 0 aliphatic heterocycles. The molecule has 0 bridgehead atoms. The summed E-state index contributed by atoms with van der Waals surface area (Å²) in [5.74, 6) is -3.37. The molecule has 0 spiro atoms. The number of carbonyl (C=O) groups is 2. The van der Waals surface area contributed by atoms with Crippen LogP contribution in [0.2, 0.25) is 0 Å². The molecule has 4 nitrogen and oxygen atoms in total. The average Bonchev–Trinajstić information content (AvgIpc) is 2.43. The van der Waals surface area contributed by atoms with Gasteiger partial charge < -0.3 is 9.47 Å². The van der Waals surface area contributed by atoms with Gasteiger partial charge in [-0.15, -0.1) is 0 Å². The highest BCUT2D eigenvalue weighted by Crippen LogP contribution is 2.19. The molecule has 6 heteroatoms. The van der Waals surface area contributed by atoms with Gasteiger partial charge in [-0.1, -0.05) is 0 Å². The third kappa shape index (κ3) is 8.05. The minimum absolute atomic E-state index is 0.217. The Hall–Kier alpha value is -2.50. The van der Waals surface area contributed by atoms with E-state index in [-0.39, 0.29) is 11.1 Å². The highest BCUT2D eigenvalue weighted by molar-refractivity contribution is 5.90. The Labute approximate surface area is 152 Å². The largest absolute Gasteiger partial charge is 0.457 e. The summed E-state index contributed by atoms with van der Waals surface area (Å²) < 4.78 is 37.3. The van der Waals surface area contributed by atoms with Crippen LogP contribution < -0.4 is 0 Å². The maximum Gasteiger partial charge on any atom is 0.331 e. The molecular weight excluding hydrogens is 342 g/mol. The third-order valence-corrected chi connectivity index (χ3v) is 2.74. The van der Waals surface area contributed by atoms with Gasteiger partial charge in [0.15, 0.2) is 11.6 Å². The van der Waals surface area contributed by atoms with Crippen LogP contribution in [-0.4, -0.2) is 23.1 Å². The van der Waals surface area contributed by atoms with Gasteiger partial charge in [0.25, 0.3) is 0 Å². The molecule has 0 N–H and O–H groups in total. The first-order valence-electron chi connectivity index (χ1n) is 8.08. The molecule has 0 saturated carbocycles. The zero-order chi connectivity index (χ0) is 20.1. The van der Waals surface area contributed by atoms with Gasteiger partial charge >= 0.3 is 11.9 Å². The lowest BCUT2D eigenvalue weighted by molar-refractivity contribution is -0.149. The van der Waals surface area contributed by atoms with Crippen LogP contribution in [0.3, 0.4) is 0 Å². The average molecular weight is 366 g/mol. The van der Waals surface area contributed by atoms with Crippen molar-refractivity contribution in [3.05, 3.63) is 47.0 Å². The second-order valence-electron chi connectivity index (χ2n) is 7.63. The number of rotatable bonds is 4. The van der Waals surface area contributed by atoms with Gasteiger partial charge in [0, 0.05) is 12.2 Å². The molecule has 0 unspecified atom stereocenters. The summed E-state index contributed by atoms with van der Waals surface area (Å²) in [5, 5.41) is 0. The number of esters is 2. The lowest BCUT2D eigenvalue weighted by atomic mass is 10.1. The van der Waals surface area contributed by atoms with Crippen molar-refractivity contribution in [1.82, 2.24) is 0 Å². The van der Waals surface area contributed by atoms with Crippen molar-refractivity contribution in [3.8, 4) is 0 Å². The lowest BCUT2D eigenvalue weighted by Crippen LogP contribution is -2.22. The molecule has 0 amide bonds. The van der Waals surface area contributed by atoms with Crippen molar-refractivity contribution in [2.45, 2.75) is 52.7 Å². The van der Waals surface area contributed by atoms with Crippen LogP contribution in [0.1, 0.15) is 52.7 Å². The summed E-state index contributed by atoms with van der Waals surface area (Å²) in [4.78, 5) is 23.5. The Kier molecular flexibility index (Phi) is 6.84. The van der Waals surface area contributed by atoms with Crippen molar-refractivity contribution in [1.29, 1.82) is 0 Å². The molecule has 0 heterocycles. The molecule has 0 radical (unpaired) electrons. The van der Waals surface area contributed by atoms with Crippen LogP contribution in [0.15, 0.2) is 24.3 Å². The van der Waals surface area contributed by atoms with Crippen LogP contribution in [0.25, 0.3) is 12.2 Å². The monoisotopic (exact) mass is 366 g/mol. The van der Waals surface area contributed by atoms with Crippen LogP contribution in [0.4, 0.5) is 8.78 Å². The Morgan fingerprint density at radius 2 is 1.08 bits per heavy atom. The topological polar surface area (TPSA) is 52.6 Å². The number of carbonyl (C=O) groups excluding carboxylic acids is 2. The summed E-state index contributed by atoms with van der Waals surface area (Å²) in [6.45, 7) is 10.3. The van der Waals surface area contributed by atoms with Crippen molar-refractivity contribution in [2.24, 2.45) is 0 Å². The van der Waals surface area contributed by atoms with Gasteiger partial charge in [0.1, 0.15) is 11.2 Å². The van der Waals surface area contributed by atoms with Crippen molar-refractivity contribution >= 4 is 24.1 Å². The van der Waals surface area contributed by atoms with Gasteiger partial charge in [-0.2, -0.15) is 0 Å². The Balaban J connectivity index is 3.07. The zero-order valence-corrected chi connectivity index (χ0v) is 15.9. The molecule has 1 aromatic carbocycles. The predicted molar refractivity (Wildman–Crippen MR) is 96.1 cm³/mol. The van der Waals surface area contributed by atoms with E-state index >= 15 is 0 Å². The Morgan fingerprint density at radius 3 is 1.35 bits per heavy atom. The van der Waals surface area contributed by atoms with Gasteiger partial charge in [-0.25, -0.2) is 18.4 Å². The molecular formula is C20H24F2O4. The molecule has 0 aromatic heterocycles. The normalized spacial score (nSPS) is 12.6. The third-order valence-electron chi connectivity index (χ3n) is 2.74. The van der Waals surface area contributed by atoms with Gasteiger partial charge in [-0.3, -0.25) is 0 Å². The highest BCUT2D eigenvalue weighted by atomic mass is 19.2. The van der Waals surface area contributed by atoms with E-state index in [4.69, 9.17) is 9.47 Å². The van der Waals surface area contributed by atoms with E-state index in [1.165, 1.54) is 12.2 Å². The fourth-order valence-electron chi connectivity index (χ4n) is 1.85. The number of benzene rings is 1.